The highest BCUT2D eigenvalue weighted by Crippen LogP contribution is 2.72. The quantitative estimate of drug-likeness (QED) is 0.230. The van der Waals surface area contributed by atoms with Crippen molar-refractivity contribution in [3.8, 4) is 0 Å². The lowest BCUT2D eigenvalue weighted by Crippen LogP contribution is -2.63. The standard InChI is InChI=1S/C29H44F3NO3S/c1-17(2)18-9-15-28(33)16-10-20-19(24(18)28)7-8-22-26(20,5)13-11-21-25(3,4)23(12-14-27(21,22)6)36-37(34,35)29(30,31)32/h12,18-22,24H,1,7-11,13-16,33H2,2-6H3/t18-,19?,20?,21?,22?,24?,26?,27?,28?/m0/s1. The van der Waals surface area contributed by atoms with Crippen LogP contribution in [0.4, 0.5) is 13.2 Å². The molecule has 4 saturated carbocycles. The van der Waals surface area contributed by atoms with Crippen molar-refractivity contribution in [1.82, 2.24) is 0 Å². The lowest BCUT2D eigenvalue weighted by atomic mass is 9.37. The minimum atomic E-state index is -5.69. The van der Waals surface area contributed by atoms with Crippen molar-refractivity contribution in [1.29, 1.82) is 0 Å². The van der Waals surface area contributed by atoms with Gasteiger partial charge >= 0.3 is 15.6 Å². The van der Waals surface area contributed by atoms with Crippen LogP contribution in [-0.4, -0.2) is 19.5 Å². The van der Waals surface area contributed by atoms with Gasteiger partial charge in [-0.3, -0.25) is 0 Å². The molecule has 2 N–H and O–H groups in total. The molecule has 0 radical (unpaired) electrons. The molecule has 210 valence electrons. The SMILES string of the molecule is C=C(C)[C@@H]1CCC2(N)CCC3C(CCC4C3(C)CCC3C(C)(C)C(OS(=O)(=O)C(F)(F)F)=CCC34C)C12. The molecule has 4 nitrogen and oxygen atoms in total. The third-order valence-corrected chi connectivity index (χ3v) is 13.2. The lowest BCUT2D eigenvalue weighted by molar-refractivity contribution is -0.179. The number of alkyl halides is 3. The van der Waals surface area contributed by atoms with Gasteiger partial charge in [-0.15, -0.1) is 0 Å². The Balaban J connectivity index is 1.47. The fourth-order valence-electron chi connectivity index (χ4n) is 10.8. The van der Waals surface area contributed by atoms with Crippen molar-refractivity contribution in [2.24, 2.45) is 57.5 Å². The van der Waals surface area contributed by atoms with Crippen LogP contribution in [0, 0.1) is 51.8 Å². The molecule has 0 heterocycles. The topological polar surface area (TPSA) is 69.4 Å². The highest BCUT2D eigenvalue weighted by Gasteiger charge is 2.66. The van der Waals surface area contributed by atoms with Gasteiger partial charge in [-0.25, -0.2) is 0 Å². The first-order valence-electron chi connectivity index (χ1n) is 14.0. The second kappa shape index (κ2) is 8.25. The average molecular weight is 544 g/mol. The zero-order valence-corrected chi connectivity index (χ0v) is 23.8. The Morgan fingerprint density at radius 3 is 2.27 bits per heavy atom. The van der Waals surface area contributed by atoms with Crippen LogP contribution >= 0.6 is 0 Å². The predicted octanol–water partition coefficient (Wildman–Crippen LogP) is 7.33. The number of hydrogen-bond donors (Lipinski definition) is 1. The number of rotatable bonds is 3. The van der Waals surface area contributed by atoms with Crippen LogP contribution in [0.5, 0.6) is 0 Å². The normalized spacial score (nSPS) is 47.1. The molecule has 5 rings (SSSR count). The fraction of sp³-hybridized carbons (Fsp3) is 0.862. The van der Waals surface area contributed by atoms with Crippen LogP contribution in [-0.2, 0) is 14.3 Å². The highest BCUT2D eigenvalue weighted by molar-refractivity contribution is 7.87. The first kappa shape index (κ1) is 27.5. The van der Waals surface area contributed by atoms with Gasteiger partial charge in [0, 0.05) is 11.0 Å². The van der Waals surface area contributed by atoms with Gasteiger partial charge in [0.25, 0.3) is 0 Å². The molecule has 0 amide bonds. The van der Waals surface area contributed by atoms with E-state index in [0.717, 1.165) is 51.4 Å². The molecule has 8 heteroatoms. The van der Waals surface area contributed by atoms with Gasteiger partial charge in [0.15, 0.2) is 0 Å². The van der Waals surface area contributed by atoms with E-state index >= 15 is 0 Å². The number of fused-ring (bicyclic) bond motifs is 7. The van der Waals surface area contributed by atoms with Crippen LogP contribution in [0.3, 0.4) is 0 Å². The van der Waals surface area contributed by atoms with Crippen molar-refractivity contribution < 1.29 is 25.8 Å². The van der Waals surface area contributed by atoms with Gasteiger partial charge < -0.3 is 9.92 Å². The number of allylic oxidation sites excluding steroid dienone is 3. The Morgan fingerprint density at radius 1 is 1.00 bits per heavy atom. The summed E-state index contributed by atoms with van der Waals surface area (Å²) in [5.74, 6) is 2.58. The number of nitrogens with two attached hydrogens (primary N) is 1. The van der Waals surface area contributed by atoms with Crippen molar-refractivity contribution in [3.63, 3.8) is 0 Å². The molecular formula is C29H44F3NO3S. The molecular weight excluding hydrogens is 499 g/mol. The summed E-state index contributed by atoms with van der Waals surface area (Å²) in [5.41, 5.74) is 2.03. The van der Waals surface area contributed by atoms with Gasteiger partial charge in [0.05, 0.1) is 0 Å². The summed E-state index contributed by atoms with van der Waals surface area (Å²) in [5, 5.41) is 0. The summed E-state index contributed by atoms with van der Waals surface area (Å²) < 4.78 is 67.9. The van der Waals surface area contributed by atoms with E-state index < -0.39 is 21.0 Å². The van der Waals surface area contributed by atoms with Crippen LogP contribution in [0.15, 0.2) is 24.0 Å². The summed E-state index contributed by atoms with van der Waals surface area (Å²) >= 11 is 0. The van der Waals surface area contributed by atoms with Gasteiger partial charge in [-0.1, -0.05) is 39.8 Å². The third kappa shape index (κ3) is 3.81. The molecule has 0 aromatic rings. The summed E-state index contributed by atoms with van der Waals surface area (Å²) in [7, 11) is -5.69. The van der Waals surface area contributed by atoms with E-state index in [0.29, 0.717) is 36.0 Å². The van der Waals surface area contributed by atoms with Crippen LogP contribution in [0.2, 0.25) is 0 Å². The molecule has 8 unspecified atom stereocenters. The predicted molar refractivity (Wildman–Crippen MR) is 138 cm³/mol. The fourth-order valence-corrected chi connectivity index (χ4v) is 11.4. The minimum absolute atomic E-state index is 0.0462. The summed E-state index contributed by atoms with van der Waals surface area (Å²) in [6.07, 6.45) is 10.7. The van der Waals surface area contributed by atoms with E-state index in [-0.39, 0.29) is 28.0 Å². The monoisotopic (exact) mass is 543 g/mol. The third-order valence-electron chi connectivity index (χ3n) is 12.3. The smallest absolute Gasteiger partial charge is 0.380 e. The molecule has 0 aromatic heterocycles. The lowest BCUT2D eigenvalue weighted by Gasteiger charge is -2.68. The first-order chi connectivity index (χ1) is 16.9. The maximum atomic E-state index is 13.1. The number of halogens is 3. The Labute approximate surface area is 220 Å². The van der Waals surface area contributed by atoms with Crippen LogP contribution in [0.25, 0.3) is 0 Å². The average Bonchev–Trinajstić information content (AvgIpc) is 3.12. The van der Waals surface area contributed by atoms with Gasteiger partial charge in [-0.2, -0.15) is 21.6 Å². The molecule has 0 aromatic carbocycles. The molecule has 0 saturated heterocycles. The van der Waals surface area contributed by atoms with E-state index in [9.17, 15) is 21.6 Å². The van der Waals surface area contributed by atoms with Crippen molar-refractivity contribution in [3.05, 3.63) is 24.0 Å². The van der Waals surface area contributed by atoms with Crippen molar-refractivity contribution in [2.75, 3.05) is 0 Å². The van der Waals surface area contributed by atoms with Crippen LogP contribution in [0.1, 0.15) is 92.4 Å². The Hall–Kier alpha value is -1.02. The summed E-state index contributed by atoms with van der Waals surface area (Å²) in [6.45, 7) is 15.0. The maximum Gasteiger partial charge on any atom is 0.534 e. The van der Waals surface area contributed by atoms with Crippen molar-refractivity contribution >= 4 is 10.1 Å². The Morgan fingerprint density at radius 2 is 1.65 bits per heavy atom. The summed E-state index contributed by atoms with van der Waals surface area (Å²) in [4.78, 5) is 0. The molecule has 0 bridgehead atoms. The van der Waals surface area contributed by atoms with Crippen LogP contribution < -0.4 is 5.73 Å². The minimum Gasteiger partial charge on any atom is -0.380 e. The molecule has 9 atom stereocenters. The highest BCUT2D eigenvalue weighted by atomic mass is 32.2. The van der Waals surface area contributed by atoms with E-state index in [2.05, 4.69) is 27.4 Å². The molecule has 4 fully saturated rings. The molecule has 5 aliphatic rings. The van der Waals surface area contributed by atoms with Crippen molar-refractivity contribution in [2.45, 2.75) is 103 Å². The molecule has 0 aliphatic heterocycles. The Bertz CT molecular complexity index is 1110. The Kier molecular flexibility index (Phi) is 6.14. The van der Waals surface area contributed by atoms with E-state index in [1.54, 1.807) is 6.08 Å². The first-order valence-corrected chi connectivity index (χ1v) is 15.4. The van der Waals surface area contributed by atoms with Gasteiger partial charge in [-0.05, 0) is 117 Å². The zero-order valence-electron chi connectivity index (χ0n) is 23.0. The second-order valence-corrected chi connectivity index (χ2v) is 15.8. The summed E-state index contributed by atoms with van der Waals surface area (Å²) in [6, 6.07) is 0. The van der Waals surface area contributed by atoms with E-state index in [4.69, 9.17) is 9.92 Å². The molecule has 5 aliphatic carbocycles. The van der Waals surface area contributed by atoms with Gasteiger partial charge in [0.2, 0.25) is 0 Å². The second-order valence-electron chi connectivity index (χ2n) is 14.3. The molecule has 0 spiro atoms. The zero-order chi connectivity index (χ0) is 27.4. The molecule has 37 heavy (non-hydrogen) atoms. The largest absolute Gasteiger partial charge is 0.534 e. The van der Waals surface area contributed by atoms with E-state index in [1.165, 1.54) is 5.57 Å². The maximum absolute atomic E-state index is 13.1. The van der Waals surface area contributed by atoms with E-state index in [1.807, 2.05) is 13.8 Å². The number of hydrogen-bond acceptors (Lipinski definition) is 4. The van der Waals surface area contributed by atoms with Gasteiger partial charge in [0.1, 0.15) is 5.76 Å².